The van der Waals surface area contributed by atoms with Gasteiger partial charge in [-0.15, -0.1) is 6.58 Å². The summed E-state index contributed by atoms with van der Waals surface area (Å²) in [5.41, 5.74) is 0. The van der Waals surface area contributed by atoms with Gasteiger partial charge in [-0.05, 0) is 33.4 Å². The van der Waals surface area contributed by atoms with Crippen molar-refractivity contribution in [3.05, 3.63) is 12.7 Å². The Labute approximate surface area is 70.1 Å². The second kappa shape index (κ2) is 7.76. The van der Waals surface area contributed by atoms with E-state index in [1.807, 2.05) is 13.1 Å². The molecule has 0 saturated carbocycles. The number of hydrogen-bond acceptors (Lipinski definition) is 2. The zero-order valence-corrected chi connectivity index (χ0v) is 7.69. The molecule has 2 N–H and O–H groups in total. The summed E-state index contributed by atoms with van der Waals surface area (Å²) in [4.78, 5) is 0. The van der Waals surface area contributed by atoms with Crippen molar-refractivity contribution in [2.45, 2.75) is 25.8 Å². The summed E-state index contributed by atoms with van der Waals surface area (Å²) in [6.45, 7) is 7.99. The highest BCUT2D eigenvalue weighted by Gasteiger charge is 1.96. The Balaban J connectivity index is 3.03. The Kier molecular flexibility index (Phi) is 7.52. The standard InChI is InChI=1S/C9H20N2/c1-4-5-6-7-11-9(2)8-10-3/h4,9-11H,1,5-8H2,2-3H3. The van der Waals surface area contributed by atoms with Gasteiger partial charge in [0.15, 0.2) is 0 Å². The third-order valence-electron chi connectivity index (χ3n) is 1.59. The lowest BCUT2D eigenvalue weighted by Gasteiger charge is -2.11. The molecule has 11 heavy (non-hydrogen) atoms. The molecular weight excluding hydrogens is 136 g/mol. The first-order valence-corrected chi connectivity index (χ1v) is 4.30. The summed E-state index contributed by atoms with van der Waals surface area (Å²) >= 11 is 0. The molecule has 0 aromatic carbocycles. The van der Waals surface area contributed by atoms with Gasteiger partial charge in [0.2, 0.25) is 0 Å². The second-order valence-electron chi connectivity index (χ2n) is 2.84. The monoisotopic (exact) mass is 156 g/mol. The molecule has 1 unspecified atom stereocenters. The lowest BCUT2D eigenvalue weighted by atomic mass is 10.3. The zero-order valence-electron chi connectivity index (χ0n) is 7.69. The Bertz CT molecular complexity index is 91.6. The SMILES string of the molecule is C=CCCCNC(C)CNC. The molecule has 0 rings (SSSR count). The van der Waals surface area contributed by atoms with Gasteiger partial charge in [0, 0.05) is 12.6 Å². The molecule has 0 aromatic heterocycles. The molecule has 0 fully saturated rings. The molecular formula is C9H20N2. The quantitative estimate of drug-likeness (QED) is 0.427. The summed E-state index contributed by atoms with van der Waals surface area (Å²) in [6.07, 6.45) is 4.27. The average Bonchev–Trinajstić information content (AvgIpc) is 1.99. The van der Waals surface area contributed by atoms with Crippen LogP contribution in [0.4, 0.5) is 0 Å². The van der Waals surface area contributed by atoms with E-state index < -0.39 is 0 Å². The maximum Gasteiger partial charge on any atom is 0.0164 e. The van der Waals surface area contributed by atoms with Crippen LogP contribution in [0.5, 0.6) is 0 Å². The van der Waals surface area contributed by atoms with Crippen LogP contribution in [-0.2, 0) is 0 Å². The number of nitrogens with one attached hydrogen (secondary N) is 2. The summed E-state index contributed by atoms with van der Waals surface area (Å²) < 4.78 is 0. The predicted octanol–water partition coefficient (Wildman–Crippen LogP) is 1.15. The number of allylic oxidation sites excluding steroid dienone is 1. The molecule has 0 aliphatic rings. The van der Waals surface area contributed by atoms with E-state index in [0.717, 1.165) is 19.5 Å². The van der Waals surface area contributed by atoms with Crippen LogP contribution in [0.2, 0.25) is 0 Å². The van der Waals surface area contributed by atoms with Gasteiger partial charge in [0.05, 0.1) is 0 Å². The summed E-state index contributed by atoms with van der Waals surface area (Å²) in [5.74, 6) is 0. The van der Waals surface area contributed by atoms with E-state index in [-0.39, 0.29) is 0 Å². The molecule has 66 valence electrons. The molecule has 0 aliphatic carbocycles. The lowest BCUT2D eigenvalue weighted by Crippen LogP contribution is -2.35. The van der Waals surface area contributed by atoms with E-state index in [2.05, 4.69) is 24.1 Å². The van der Waals surface area contributed by atoms with Crippen molar-refractivity contribution in [1.82, 2.24) is 10.6 Å². The first-order valence-electron chi connectivity index (χ1n) is 4.30. The molecule has 0 amide bonds. The fourth-order valence-electron chi connectivity index (χ4n) is 0.973. The minimum atomic E-state index is 0.574. The lowest BCUT2D eigenvalue weighted by molar-refractivity contribution is 0.516. The molecule has 1 atom stereocenters. The van der Waals surface area contributed by atoms with Crippen molar-refractivity contribution < 1.29 is 0 Å². The van der Waals surface area contributed by atoms with Crippen molar-refractivity contribution in [2.75, 3.05) is 20.1 Å². The molecule has 0 aromatic rings. The minimum Gasteiger partial charge on any atom is -0.318 e. The van der Waals surface area contributed by atoms with Crippen LogP contribution in [0.1, 0.15) is 19.8 Å². The number of rotatable bonds is 7. The van der Waals surface area contributed by atoms with Crippen LogP contribution < -0.4 is 10.6 Å². The van der Waals surface area contributed by atoms with Crippen molar-refractivity contribution in [3.8, 4) is 0 Å². The molecule has 2 heteroatoms. The third-order valence-corrected chi connectivity index (χ3v) is 1.59. The predicted molar refractivity (Wildman–Crippen MR) is 50.8 cm³/mol. The van der Waals surface area contributed by atoms with Crippen molar-refractivity contribution in [1.29, 1.82) is 0 Å². The van der Waals surface area contributed by atoms with Crippen LogP contribution in [0.15, 0.2) is 12.7 Å². The van der Waals surface area contributed by atoms with Crippen molar-refractivity contribution >= 4 is 0 Å². The Morgan fingerprint density at radius 2 is 2.27 bits per heavy atom. The van der Waals surface area contributed by atoms with Gasteiger partial charge >= 0.3 is 0 Å². The highest BCUT2D eigenvalue weighted by Crippen LogP contribution is 1.87. The van der Waals surface area contributed by atoms with Gasteiger partial charge in [0.25, 0.3) is 0 Å². The van der Waals surface area contributed by atoms with Gasteiger partial charge in [0.1, 0.15) is 0 Å². The van der Waals surface area contributed by atoms with Crippen LogP contribution in [0.25, 0.3) is 0 Å². The fourth-order valence-corrected chi connectivity index (χ4v) is 0.973. The van der Waals surface area contributed by atoms with E-state index in [0.29, 0.717) is 6.04 Å². The maximum atomic E-state index is 3.67. The fraction of sp³-hybridized carbons (Fsp3) is 0.778. The molecule has 0 spiro atoms. The molecule has 0 heterocycles. The largest absolute Gasteiger partial charge is 0.318 e. The average molecular weight is 156 g/mol. The third kappa shape index (κ3) is 7.56. The molecule has 0 radical (unpaired) electrons. The first kappa shape index (κ1) is 10.7. The van der Waals surface area contributed by atoms with Gasteiger partial charge in [-0.1, -0.05) is 6.08 Å². The van der Waals surface area contributed by atoms with Crippen LogP contribution >= 0.6 is 0 Å². The highest BCUT2D eigenvalue weighted by molar-refractivity contribution is 4.68. The van der Waals surface area contributed by atoms with Gasteiger partial charge in [-0.2, -0.15) is 0 Å². The maximum absolute atomic E-state index is 3.67. The Morgan fingerprint density at radius 3 is 2.82 bits per heavy atom. The van der Waals surface area contributed by atoms with E-state index in [9.17, 15) is 0 Å². The normalized spacial score (nSPS) is 12.9. The topological polar surface area (TPSA) is 24.1 Å². The molecule has 0 saturated heterocycles. The van der Waals surface area contributed by atoms with Gasteiger partial charge < -0.3 is 10.6 Å². The zero-order chi connectivity index (χ0) is 8.53. The smallest absolute Gasteiger partial charge is 0.0164 e. The Morgan fingerprint density at radius 1 is 1.55 bits per heavy atom. The minimum absolute atomic E-state index is 0.574. The van der Waals surface area contributed by atoms with Crippen LogP contribution in [0.3, 0.4) is 0 Å². The summed E-state index contributed by atoms with van der Waals surface area (Å²) in [6, 6.07) is 0.574. The number of likely N-dealkylation sites (N-methyl/N-ethyl adjacent to an activating group) is 1. The van der Waals surface area contributed by atoms with Gasteiger partial charge in [-0.3, -0.25) is 0 Å². The number of hydrogen-bond donors (Lipinski definition) is 2. The van der Waals surface area contributed by atoms with E-state index in [4.69, 9.17) is 0 Å². The molecule has 0 bridgehead atoms. The van der Waals surface area contributed by atoms with E-state index in [1.165, 1.54) is 6.42 Å². The van der Waals surface area contributed by atoms with E-state index >= 15 is 0 Å². The summed E-state index contributed by atoms with van der Waals surface area (Å²) in [5, 5.41) is 6.53. The summed E-state index contributed by atoms with van der Waals surface area (Å²) in [7, 11) is 1.97. The van der Waals surface area contributed by atoms with Gasteiger partial charge in [-0.25, -0.2) is 0 Å². The van der Waals surface area contributed by atoms with Crippen molar-refractivity contribution in [3.63, 3.8) is 0 Å². The molecule has 0 aliphatic heterocycles. The van der Waals surface area contributed by atoms with Crippen LogP contribution in [0, 0.1) is 0 Å². The van der Waals surface area contributed by atoms with Crippen molar-refractivity contribution in [2.24, 2.45) is 0 Å². The molecule has 2 nitrogen and oxygen atoms in total. The van der Waals surface area contributed by atoms with E-state index in [1.54, 1.807) is 0 Å². The van der Waals surface area contributed by atoms with Crippen LogP contribution in [-0.4, -0.2) is 26.2 Å². The number of unbranched alkanes of at least 4 members (excludes halogenated alkanes) is 1. The first-order chi connectivity index (χ1) is 5.31. The Hall–Kier alpha value is -0.340. The second-order valence-corrected chi connectivity index (χ2v) is 2.84. The highest BCUT2D eigenvalue weighted by atomic mass is 15.0.